The number of nitrogens with one attached hydrogen (secondary N) is 1. The first-order chi connectivity index (χ1) is 16.7. The van der Waals surface area contributed by atoms with Crippen LogP contribution in [0.25, 0.3) is 11.1 Å². The quantitative estimate of drug-likeness (QED) is 0.515. The van der Waals surface area contributed by atoms with Gasteiger partial charge >= 0.3 is 5.57 Å². The molecule has 0 aliphatic carbocycles. The molecule has 2 aliphatic heterocycles. The lowest BCUT2D eigenvalue weighted by atomic mass is 10.0. The zero-order valence-corrected chi connectivity index (χ0v) is 19.3. The van der Waals surface area contributed by atoms with Gasteiger partial charge in [-0.05, 0) is 48.4 Å². The Balaban J connectivity index is 1.44. The third-order valence-corrected chi connectivity index (χ3v) is 6.14. The van der Waals surface area contributed by atoms with Crippen LogP contribution in [-0.2, 0) is 11.8 Å². The van der Waals surface area contributed by atoms with Crippen molar-refractivity contribution in [1.82, 2.24) is 9.55 Å². The molecule has 0 unspecified atom stereocenters. The minimum Gasteiger partial charge on any atom is -0.420 e. The molecule has 35 heavy (non-hydrogen) atoms. The number of rotatable bonds is 6. The summed E-state index contributed by atoms with van der Waals surface area (Å²) in [6.45, 7) is 1.30. The van der Waals surface area contributed by atoms with E-state index in [0.717, 1.165) is 6.42 Å². The maximum Gasteiger partial charge on any atom is 0.487 e. The van der Waals surface area contributed by atoms with Gasteiger partial charge in [-0.1, -0.05) is 0 Å². The van der Waals surface area contributed by atoms with Crippen LogP contribution in [0.3, 0.4) is 0 Å². The molecule has 0 saturated carbocycles. The van der Waals surface area contributed by atoms with Crippen molar-refractivity contribution in [3.05, 3.63) is 70.8 Å². The third kappa shape index (κ3) is 4.98. The number of alkyl halides is 3. The van der Waals surface area contributed by atoms with Crippen molar-refractivity contribution in [1.29, 1.82) is 0 Å². The van der Waals surface area contributed by atoms with Gasteiger partial charge in [-0.2, -0.15) is 0 Å². The van der Waals surface area contributed by atoms with E-state index < -0.39 is 11.5 Å². The number of pyridine rings is 2. The van der Waals surface area contributed by atoms with Crippen LogP contribution >= 0.6 is 11.6 Å². The van der Waals surface area contributed by atoms with E-state index in [0.29, 0.717) is 35.8 Å². The van der Waals surface area contributed by atoms with Gasteiger partial charge in [0.15, 0.2) is 0 Å². The molecular formula is C24H21ClF2N4O4. The summed E-state index contributed by atoms with van der Waals surface area (Å²) < 4.78 is 37.0. The van der Waals surface area contributed by atoms with Gasteiger partial charge < -0.3 is 24.3 Å². The summed E-state index contributed by atoms with van der Waals surface area (Å²) in [5.74, 6) is 0.0942. The smallest absolute Gasteiger partial charge is 0.420 e. The number of morpholine rings is 1. The number of fused-ring (bicyclic) bond motifs is 2. The van der Waals surface area contributed by atoms with E-state index in [1.807, 2.05) is 0 Å². The molecule has 11 heteroatoms. The fourth-order valence-electron chi connectivity index (χ4n) is 4.34. The standard InChI is InChI=1S/C24H21ClF2N4O4/c1-30-7-6-14(9-21(30)32)20-8-15(11-28-22(20)31-12-19-10-17(31)13-34-19)23(33)29-16-2-4-18(5-3-16)35-24(25,26)27/h2-9,11,17,19H,10,12-13H2,1H3,(H,29,33)/t17-,19-/m0/s1. The number of halogens is 3. The zero-order chi connectivity index (χ0) is 24.7. The van der Waals surface area contributed by atoms with Gasteiger partial charge in [0.1, 0.15) is 11.6 Å². The van der Waals surface area contributed by atoms with Gasteiger partial charge in [0.25, 0.3) is 11.5 Å². The fraction of sp³-hybridized carbons (Fsp3) is 0.292. The number of hydrogen-bond donors (Lipinski definition) is 1. The van der Waals surface area contributed by atoms with Gasteiger partial charge in [-0.15, -0.1) is 8.78 Å². The second-order valence-corrected chi connectivity index (χ2v) is 8.92. The van der Waals surface area contributed by atoms with E-state index >= 15 is 0 Å². The minimum absolute atomic E-state index is 0.145. The van der Waals surface area contributed by atoms with Crippen LogP contribution in [-0.4, -0.2) is 46.3 Å². The van der Waals surface area contributed by atoms with E-state index in [2.05, 4.69) is 19.9 Å². The molecule has 1 amide bonds. The summed E-state index contributed by atoms with van der Waals surface area (Å²) in [5.41, 5.74) is -2.05. The zero-order valence-electron chi connectivity index (χ0n) is 18.6. The molecule has 2 fully saturated rings. The summed E-state index contributed by atoms with van der Waals surface area (Å²) in [6.07, 6.45) is 4.21. The van der Waals surface area contributed by atoms with E-state index in [9.17, 15) is 18.4 Å². The van der Waals surface area contributed by atoms with Crippen molar-refractivity contribution >= 4 is 29.0 Å². The number of carbonyl (C=O) groups is 1. The molecular weight excluding hydrogens is 482 g/mol. The lowest BCUT2D eigenvalue weighted by Crippen LogP contribution is -2.38. The van der Waals surface area contributed by atoms with Gasteiger partial charge in [-0.25, -0.2) is 4.98 Å². The van der Waals surface area contributed by atoms with Crippen molar-refractivity contribution in [2.24, 2.45) is 7.05 Å². The molecule has 182 valence electrons. The van der Waals surface area contributed by atoms with Crippen molar-refractivity contribution in [3.63, 3.8) is 0 Å². The lowest BCUT2D eigenvalue weighted by Gasteiger charge is -2.30. The first-order valence-corrected chi connectivity index (χ1v) is 11.3. The molecule has 2 bridgehead atoms. The number of ether oxygens (including phenoxy) is 2. The van der Waals surface area contributed by atoms with Crippen molar-refractivity contribution in [3.8, 4) is 16.9 Å². The Hall–Kier alpha value is -3.50. The highest BCUT2D eigenvalue weighted by Crippen LogP contribution is 2.37. The van der Waals surface area contributed by atoms with E-state index in [4.69, 9.17) is 16.3 Å². The van der Waals surface area contributed by atoms with Crippen LogP contribution in [0.1, 0.15) is 16.8 Å². The molecule has 0 radical (unpaired) electrons. The van der Waals surface area contributed by atoms with Crippen molar-refractivity contribution in [2.75, 3.05) is 23.4 Å². The number of hydrogen-bond acceptors (Lipinski definition) is 6. The Morgan fingerprint density at radius 1 is 1.26 bits per heavy atom. The van der Waals surface area contributed by atoms with Crippen LogP contribution in [0.5, 0.6) is 5.75 Å². The molecule has 2 aromatic heterocycles. The fourth-order valence-corrected chi connectivity index (χ4v) is 4.43. The van der Waals surface area contributed by atoms with Crippen LogP contribution in [0.2, 0.25) is 0 Å². The molecule has 0 spiro atoms. The maximum absolute atomic E-state index is 13.0. The SMILES string of the molecule is Cn1ccc(-c2cc(C(=O)Nc3ccc(OC(F)(F)Cl)cc3)cnc2N2C[C@@H]3C[C@H]2CO3)cc1=O. The Labute approximate surface area is 204 Å². The summed E-state index contributed by atoms with van der Waals surface area (Å²) in [5, 5.41) is 2.71. The Morgan fingerprint density at radius 2 is 2.03 bits per heavy atom. The first kappa shape index (κ1) is 23.3. The average molecular weight is 503 g/mol. The van der Waals surface area contributed by atoms with E-state index in [1.54, 1.807) is 25.4 Å². The lowest BCUT2D eigenvalue weighted by molar-refractivity contribution is -0.0964. The topological polar surface area (TPSA) is 85.7 Å². The third-order valence-electron chi connectivity index (χ3n) is 6.06. The Morgan fingerprint density at radius 3 is 2.66 bits per heavy atom. The van der Waals surface area contributed by atoms with Gasteiger partial charge in [0.05, 0.1) is 24.3 Å². The first-order valence-electron chi connectivity index (χ1n) is 10.9. The molecule has 3 aromatic rings. The number of nitrogens with zero attached hydrogens (tertiary/aromatic N) is 3. The van der Waals surface area contributed by atoms with Crippen LogP contribution in [0.4, 0.5) is 20.3 Å². The van der Waals surface area contributed by atoms with Crippen LogP contribution in [0, 0.1) is 0 Å². The number of aryl methyl sites for hydroxylation is 1. The van der Waals surface area contributed by atoms with Crippen LogP contribution in [0.15, 0.2) is 59.7 Å². The summed E-state index contributed by atoms with van der Waals surface area (Å²) in [6, 6.07) is 10.6. The van der Waals surface area contributed by atoms with E-state index in [1.165, 1.54) is 41.1 Å². The molecule has 4 heterocycles. The molecule has 2 atom stereocenters. The average Bonchev–Trinajstić information content (AvgIpc) is 3.45. The van der Waals surface area contributed by atoms with E-state index in [-0.39, 0.29) is 29.0 Å². The Bertz CT molecular complexity index is 1330. The number of benzene rings is 1. The normalized spacial score (nSPS) is 19.1. The van der Waals surface area contributed by atoms with Gasteiger partial charge in [0.2, 0.25) is 0 Å². The van der Waals surface area contributed by atoms with Crippen molar-refractivity contribution in [2.45, 2.75) is 24.1 Å². The summed E-state index contributed by atoms with van der Waals surface area (Å²) in [7, 11) is 1.66. The highest BCUT2D eigenvalue weighted by Gasteiger charge is 2.40. The molecule has 1 N–H and O–H groups in total. The number of carbonyl (C=O) groups excluding carboxylic acids is 1. The van der Waals surface area contributed by atoms with Gasteiger partial charge in [0, 0.05) is 54.9 Å². The second-order valence-electron chi connectivity index (χ2n) is 8.48. The molecule has 5 rings (SSSR count). The Kier molecular flexibility index (Phi) is 5.94. The second kappa shape index (κ2) is 8.94. The molecule has 2 aliphatic rings. The van der Waals surface area contributed by atoms with Crippen molar-refractivity contribution < 1.29 is 23.0 Å². The summed E-state index contributed by atoms with van der Waals surface area (Å²) in [4.78, 5) is 32.0. The highest BCUT2D eigenvalue weighted by molar-refractivity contribution is 6.20. The monoisotopic (exact) mass is 502 g/mol. The maximum atomic E-state index is 13.0. The number of aromatic nitrogens is 2. The highest BCUT2D eigenvalue weighted by atomic mass is 35.5. The number of anilines is 2. The molecule has 8 nitrogen and oxygen atoms in total. The molecule has 2 saturated heterocycles. The minimum atomic E-state index is -3.83. The van der Waals surface area contributed by atoms with Crippen LogP contribution < -0.4 is 20.5 Å². The number of amides is 1. The largest absolute Gasteiger partial charge is 0.487 e. The van der Waals surface area contributed by atoms with Gasteiger partial charge in [-0.3, -0.25) is 9.59 Å². The predicted molar refractivity (Wildman–Crippen MR) is 126 cm³/mol. The predicted octanol–water partition coefficient (Wildman–Crippen LogP) is 3.85. The molecule has 1 aromatic carbocycles. The summed E-state index contributed by atoms with van der Waals surface area (Å²) >= 11 is 4.77.